The fourth-order valence-electron chi connectivity index (χ4n) is 6.77. The maximum Gasteiger partial charge on any atom is 0.161 e. The molecule has 0 saturated heterocycles. The first-order chi connectivity index (χ1) is 23.2. The molecular weight excluding hydrogens is 624 g/mol. The molecule has 0 spiro atoms. The van der Waals surface area contributed by atoms with Crippen molar-refractivity contribution in [2.24, 2.45) is 0 Å². The summed E-state index contributed by atoms with van der Waals surface area (Å²) in [5, 5.41) is 42.3. The summed E-state index contributed by atoms with van der Waals surface area (Å²) in [5.41, 5.74) is 2.79. The summed E-state index contributed by atoms with van der Waals surface area (Å²) in [6.45, 7) is 0. The first-order valence-electron chi connectivity index (χ1n) is 15.1. The number of hydrogen-bond acceptors (Lipinski definition) is 12. The third-order valence-corrected chi connectivity index (χ3v) is 9.02. The van der Waals surface area contributed by atoms with E-state index in [1.165, 1.54) is 38.5 Å². The van der Waals surface area contributed by atoms with E-state index in [0.717, 1.165) is 5.56 Å². The first-order valence-corrected chi connectivity index (χ1v) is 15.1. The zero-order valence-corrected chi connectivity index (χ0v) is 27.3. The lowest BCUT2D eigenvalue weighted by Crippen LogP contribution is -2.38. The molecule has 0 aliphatic carbocycles. The summed E-state index contributed by atoms with van der Waals surface area (Å²) < 4.78 is 48.3. The van der Waals surface area contributed by atoms with Gasteiger partial charge in [-0.3, -0.25) is 0 Å². The average molecular weight is 663 g/mol. The minimum absolute atomic E-state index is 0.178. The van der Waals surface area contributed by atoms with Crippen LogP contribution in [-0.2, 0) is 15.9 Å². The lowest BCUT2D eigenvalue weighted by atomic mass is 9.77. The van der Waals surface area contributed by atoms with Crippen LogP contribution >= 0.6 is 0 Å². The molecule has 4 aromatic carbocycles. The van der Waals surface area contributed by atoms with Crippen LogP contribution < -0.4 is 28.4 Å². The smallest absolute Gasteiger partial charge is 0.161 e. The van der Waals surface area contributed by atoms with Crippen molar-refractivity contribution in [3.8, 4) is 57.5 Å². The van der Waals surface area contributed by atoms with Gasteiger partial charge in [-0.1, -0.05) is 12.1 Å². The van der Waals surface area contributed by atoms with E-state index in [1.54, 1.807) is 46.6 Å². The summed E-state index contributed by atoms with van der Waals surface area (Å²) in [5.74, 6) is 0.648. The molecule has 6 rings (SSSR count). The van der Waals surface area contributed by atoms with Gasteiger partial charge < -0.3 is 58.3 Å². The van der Waals surface area contributed by atoms with Crippen LogP contribution in [0.2, 0.25) is 0 Å². The highest BCUT2D eigenvalue weighted by Crippen LogP contribution is 2.58. The van der Waals surface area contributed by atoms with Crippen LogP contribution in [0.1, 0.15) is 45.9 Å². The largest absolute Gasteiger partial charge is 0.508 e. The third kappa shape index (κ3) is 5.46. The molecule has 12 nitrogen and oxygen atoms in total. The minimum atomic E-state index is -0.889. The Morgan fingerprint density at radius 3 is 1.92 bits per heavy atom. The molecule has 0 radical (unpaired) electrons. The molecule has 2 aliphatic heterocycles. The summed E-state index contributed by atoms with van der Waals surface area (Å²) in [7, 11) is 9.32. The van der Waals surface area contributed by atoms with Crippen molar-refractivity contribution in [2.75, 3.05) is 42.7 Å². The monoisotopic (exact) mass is 662 g/mol. The first kappa shape index (κ1) is 32.7. The number of methoxy groups -OCH3 is 6. The molecule has 4 N–H and O–H groups in total. The summed E-state index contributed by atoms with van der Waals surface area (Å²) in [6, 6.07) is 14.2. The number of aromatic hydroxyl groups is 4. The molecule has 5 unspecified atom stereocenters. The zero-order valence-electron chi connectivity index (χ0n) is 27.3. The van der Waals surface area contributed by atoms with Gasteiger partial charge >= 0.3 is 0 Å². The summed E-state index contributed by atoms with van der Waals surface area (Å²) >= 11 is 0. The van der Waals surface area contributed by atoms with Gasteiger partial charge in [0, 0.05) is 55.5 Å². The van der Waals surface area contributed by atoms with Gasteiger partial charge in [0.25, 0.3) is 0 Å². The average Bonchev–Trinajstić information content (AvgIpc) is 3.10. The van der Waals surface area contributed by atoms with Crippen LogP contribution in [0.4, 0.5) is 0 Å². The number of fused-ring (bicyclic) bond motifs is 2. The van der Waals surface area contributed by atoms with Crippen molar-refractivity contribution in [1.29, 1.82) is 0 Å². The van der Waals surface area contributed by atoms with Gasteiger partial charge in [0.2, 0.25) is 0 Å². The van der Waals surface area contributed by atoms with Gasteiger partial charge in [0.05, 0.1) is 34.4 Å². The Kier molecular flexibility index (Phi) is 8.95. The number of phenolic OH excluding ortho intramolecular Hbond substituents is 4. The number of benzene rings is 4. The van der Waals surface area contributed by atoms with Gasteiger partial charge in [-0.05, 0) is 35.4 Å². The SMILES string of the molecule is COc1ccc(C2Oc3c(c(OC)cc(OC)c3C3c4c(O)cc(O)cc4OC(c4ccc(O)c(O)c4)C3OC)CC2OC)cc1OC. The maximum absolute atomic E-state index is 11.4. The van der Waals surface area contributed by atoms with E-state index in [2.05, 4.69) is 0 Å². The maximum atomic E-state index is 11.4. The highest BCUT2D eigenvalue weighted by molar-refractivity contribution is 5.66. The second-order valence-corrected chi connectivity index (χ2v) is 11.5. The quantitative estimate of drug-likeness (QED) is 0.167. The molecule has 48 heavy (non-hydrogen) atoms. The Morgan fingerprint density at radius 2 is 1.27 bits per heavy atom. The van der Waals surface area contributed by atoms with E-state index >= 15 is 0 Å². The molecule has 0 bridgehead atoms. The molecule has 12 heteroatoms. The van der Waals surface area contributed by atoms with Crippen molar-refractivity contribution in [3.63, 3.8) is 0 Å². The summed E-state index contributed by atoms with van der Waals surface area (Å²) in [4.78, 5) is 0. The van der Waals surface area contributed by atoms with Crippen LogP contribution in [0.15, 0.2) is 54.6 Å². The number of phenols is 4. The highest BCUT2D eigenvalue weighted by atomic mass is 16.6. The Bertz CT molecular complexity index is 1820. The van der Waals surface area contributed by atoms with Crippen LogP contribution in [-0.4, -0.2) is 75.3 Å². The Labute approximate surface area is 277 Å². The van der Waals surface area contributed by atoms with Crippen LogP contribution in [0, 0.1) is 0 Å². The lowest BCUT2D eigenvalue weighted by molar-refractivity contribution is -0.0285. The second kappa shape index (κ2) is 13.1. The van der Waals surface area contributed by atoms with E-state index in [4.69, 9.17) is 37.9 Å². The normalized spacial score (nSPS) is 21.2. The standard InChI is InChI=1S/C36H38O12/c1-41-24-10-8-18(12-26(24)43-3)33-29(45-5)15-20-25(42-2)16-27(44-4)31(35(20)48-33)32-30-23(40)13-19(37)14-28(30)47-34(36(32)46-6)17-7-9-21(38)22(39)11-17/h7-14,16,29,32-34,36-40H,15H2,1-6H3. The lowest BCUT2D eigenvalue weighted by Gasteiger charge is -2.42. The zero-order chi connectivity index (χ0) is 34.3. The van der Waals surface area contributed by atoms with Crippen LogP contribution in [0.3, 0.4) is 0 Å². The second-order valence-electron chi connectivity index (χ2n) is 11.5. The molecular formula is C36H38O12. The van der Waals surface area contributed by atoms with E-state index in [9.17, 15) is 20.4 Å². The van der Waals surface area contributed by atoms with Crippen molar-refractivity contribution in [3.05, 3.63) is 82.4 Å². The molecule has 0 saturated carbocycles. The molecule has 0 fully saturated rings. The fourth-order valence-corrected chi connectivity index (χ4v) is 6.77. The van der Waals surface area contributed by atoms with E-state index < -0.39 is 30.3 Å². The van der Waals surface area contributed by atoms with Gasteiger partial charge in [0.15, 0.2) is 35.2 Å². The van der Waals surface area contributed by atoms with Crippen LogP contribution in [0.5, 0.6) is 57.5 Å². The molecule has 2 heterocycles. The van der Waals surface area contributed by atoms with Crippen molar-refractivity contribution in [2.45, 2.75) is 36.8 Å². The van der Waals surface area contributed by atoms with Gasteiger partial charge in [-0.2, -0.15) is 0 Å². The molecule has 0 aromatic heterocycles. The number of hydrogen-bond donors (Lipinski definition) is 4. The van der Waals surface area contributed by atoms with E-state index in [1.807, 2.05) is 12.1 Å². The van der Waals surface area contributed by atoms with Gasteiger partial charge in [-0.25, -0.2) is 0 Å². The fraction of sp³-hybridized carbons (Fsp3) is 0.333. The highest BCUT2D eigenvalue weighted by Gasteiger charge is 2.47. The van der Waals surface area contributed by atoms with E-state index in [0.29, 0.717) is 57.4 Å². The van der Waals surface area contributed by atoms with Crippen LogP contribution in [0.25, 0.3) is 0 Å². The predicted octanol–water partition coefficient (Wildman–Crippen LogP) is 5.52. The Morgan fingerprint density at radius 1 is 0.583 bits per heavy atom. The molecule has 0 amide bonds. The predicted molar refractivity (Wildman–Crippen MR) is 173 cm³/mol. The van der Waals surface area contributed by atoms with Crippen molar-refractivity contribution in [1.82, 2.24) is 0 Å². The third-order valence-electron chi connectivity index (χ3n) is 9.02. The van der Waals surface area contributed by atoms with Gasteiger partial charge in [-0.15, -0.1) is 0 Å². The molecule has 2 aliphatic rings. The Hall–Kier alpha value is -5.20. The topological polar surface area (TPSA) is 155 Å². The minimum Gasteiger partial charge on any atom is -0.508 e. The van der Waals surface area contributed by atoms with Crippen molar-refractivity contribution >= 4 is 0 Å². The van der Waals surface area contributed by atoms with E-state index in [-0.39, 0.29) is 28.7 Å². The van der Waals surface area contributed by atoms with Crippen molar-refractivity contribution < 1.29 is 58.3 Å². The van der Waals surface area contributed by atoms with Gasteiger partial charge in [0.1, 0.15) is 46.7 Å². The molecule has 4 aromatic rings. The molecule has 5 atom stereocenters. The number of ether oxygens (including phenoxy) is 8. The summed E-state index contributed by atoms with van der Waals surface area (Å²) in [6.07, 6.45) is -2.43. The Balaban J connectivity index is 1.61. The number of rotatable bonds is 9. The molecule has 254 valence electrons.